The second kappa shape index (κ2) is 11.4. The number of rotatable bonds is 9. The van der Waals surface area contributed by atoms with Gasteiger partial charge in [-0.2, -0.15) is 0 Å². The first-order valence-corrected chi connectivity index (χ1v) is 10.9. The van der Waals surface area contributed by atoms with Gasteiger partial charge in [-0.3, -0.25) is 9.69 Å². The summed E-state index contributed by atoms with van der Waals surface area (Å²) in [4.78, 5) is 20.2. The molecule has 1 aliphatic heterocycles. The van der Waals surface area contributed by atoms with Crippen LogP contribution in [0.1, 0.15) is 17.5 Å². The average molecular weight is 433 g/mol. The van der Waals surface area contributed by atoms with Crippen LogP contribution in [0.3, 0.4) is 0 Å². The second-order valence-corrected chi connectivity index (χ2v) is 8.05. The Morgan fingerprint density at radius 2 is 2.13 bits per heavy atom. The Balaban J connectivity index is 1.72. The molecule has 0 atom stereocenters. The van der Waals surface area contributed by atoms with Crippen molar-refractivity contribution in [2.24, 2.45) is 0 Å². The first-order chi connectivity index (χ1) is 14.6. The van der Waals surface area contributed by atoms with Crippen molar-refractivity contribution >= 4 is 28.2 Å². The fourth-order valence-corrected chi connectivity index (χ4v) is 3.80. The normalized spacial score (nSPS) is 14.7. The van der Waals surface area contributed by atoms with Crippen LogP contribution in [-0.2, 0) is 16.0 Å². The Hall–Kier alpha value is -2.00. The monoisotopic (exact) mass is 432 g/mol. The molecule has 1 aliphatic rings. The van der Waals surface area contributed by atoms with E-state index >= 15 is 0 Å². The van der Waals surface area contributed by atoms with E-state index in [0.29, 0.717) is 18.3 Å². The van der Waals surface area contributed by atoms with Crippen molar-refractivity contribution in [1.29, 1.82) is 0 Å². The number of benzene rings is 1. The molecule has 30 heavy (non-hydrogen) atoms. The van der Waals surface area contributed by atoms with Crippen LogP contribution in [0.4, 0.5) is 0 Å². The average Bonchev–Trinajstić information content (AvgIpc) is 2.75. The Labute approximate surface area is 183 Å². The zero-order valence-corrected chi connectivity index (χ0v) is 18.7. The molecule has 2 N–H and O–H groups in total. The van der Waals surface area contributed by atoms with E-state index in [2.05, 4.69) is 26.2 Å². The topological polar surface area (TPSA) is 69.8 Å². The van der Waals surface area contributed by atoms with Gasteiger partial charge in [0.1, 0.15) is 0 Å². The standard InChI is InChI=1S/C22H32N4O3S/c1-17-4-5-18-15-19(21(27)24-20(18)14-17)16-26(22(30)23-6-3-11-28-2)8-7-25-9-12-29-13-10-25/h4-5,14-15H,3,6-13,16H2,1-2H3,(H,23,30)(H,24,27). The van der Waals surface area contributed by atoms with E-state index in [1.54, 1.807) is 7.11 Å². The SMILES string of the molecule is COCCCNC(=S)N(CCN1CCOCC1)Cc1cc2ccc(C)cc2[nH]c1=O. The summed E-state index contributed by atoms with van der Waals surface area (Å²) in [6.07, 6.45) is 0.879. The number of H-pyrrole nitrogens is 1. The molecule has 7 nitrogen and oxygen atoms in total. The van der Waals surface area contributed by atoms with Gasteiger partial charge in [0.15, 0.2) is 5.11 Å². The van der Waals surface area contributed by atoms with Crippen molar-refractivity contribution < 1.29 is 9.47 Å². The lowest BCUT2D eigenvalue weighted by atomic mass is 10.1. The highest BCUT2D eigenvalue weighted by Gasteiger charge is 2.16. The number of ether oxygens (including phenoxy) is 2. The summed E-state index contributed by atoms with van der Waals surface area (Å²) in [5, 5.41) is 5.01. The van der Waals surface area contributed by atoms with Crippen molar-refractivity contribution in [2.45, 2.75) is 19.9 Å². The number of aryl methyl sites for hydroxylation is 1. The maximum absolute atomic E-state index is 12.7. The molecular weight excluding hydrogens is 400 g/mol. The minimum absolute atomic E-state index is 0.0633. The van der Waals surface area contributed by atoms with Crippen LogP contribution in [0.5, 0.6) is 0 Å². The van der Waals surface area contributed by atoms with Crippen molar-refractivity contribution in [3.05, 3.63) is 45.7 Å². The molecule has 0 amide bonds. The summed E-state index contributed by atoms with van der Waals surface area (Å²) in [5.41, 5.74) is 2.64. The highest BCUT2D eigenvalue weighted by Crippen LogP contribution is 2.14. The number of aromatic amines is 1. The van der Waals surface area contributed by atoms with Crippen LogP contribution in [0.15, 0.2) is 29.1 Å². The molecule has 3 rings (SSSR count). The van der Waals surface area contributed by atoms with Gasteiger partial charge in [-0.05, 0) is 48.6 Å². The number of aromatic nitrogens is 1. The van der Waals surface area contributed by atoms with Crippen molar-refractivity contribution in [3.8, 4) is 0 Å². The van der Waals surface area contributed by atoms with Gasteiger partial charge in [0, 0.05) is 57.5 Å². The molecule has 0 spiro atoms. The van der Waals surface area contributed by atoms with E-state index in [1.165, 1.54) is 0 Å². The smallest absolute Gasteiger partial charge is 0.253 e. The lowest BCUT2D eigenvalue weighted by molar-refractivity contribution is 0.0357. The quantitative estimate of drug-likeness (QED) is 0.463. The highest BCUT2D eigenvalue weighted by molar-refractivity contribution is 7.80. The van der Waals surface area contributed by atoms with E-state index in [9.17, 15) is 4.79 Å². The van der Waals surface area contributed by atoms with Gasteiger partial charge in [0.25, 0.3) is 5.56 Å². The summed E-state index contributed by atoms with van der Waals surface area (Å²) >= 11 is 5.67. The van der Waals surface area contributed by atoms with Crippen molar-refractivity contribution in [2.75, 3.05) is 59.7 Å². The van der Waals surface area contributed by atoms with Crippen LogP contribution >= 0.6 is 12.2 Å². The maximum atomic E-state index is 12.7. The minimum Gasteiger partial charge on any atom is -0.385 e. The van der Waals surface area contributed by atoms with Crippen LogP contribution < -0.4 is 10.9 Å². The molecule has 0 bridgehead atoms. The first kappa shape index (κ1) is 22.7. The highest BCUT2D eigenvalue weighted by atomic mass is 32.1. The van der Waals surface area contributed by atoms with E-state index < -0.39 is 0 Å². The molecule has 1 fully saturated rings. The third-order valence-electron chi connectivity index (χ3n) is 5.32. The predicted molar refractivity (Wildman–Crippen MR) is 124 cm³/mol. The lowest BCUT2D eigenvalue weighted by Gasteiger charge is -2.31. The zero-order chi connectivity index (χ0) is 21.3. The Bertz CT molecular complexity index is 896. The summed E-state index contributed by atoms with van der Waals surface area (Å²) in [6.45, 7) is 8.95. The number of nitrogens with zero attached hydrogens (tertiary/aromatic N) is 2. The molecule has 1 saturated heterocycles. The molecule has 164 valence electrons. The third-order valence-corrected chi connectivity index (χ3v) is 5.72. The molecule has 1 aromatic carbocycles. The van der Waals surface area contributed by atoms with E-state index in [1.807, 2.05) is 25.1 Å². The molecular formula is C22H32N4O3S. The Kier molecular flexibility index (Phi) is 8.62. The number of nitrogens with one attached hydrogen (secondary N) is 2. The molecule has 0 saturated carbocycles. The summed E-state index contributed by atoms with van der Waals surface area (Å²) in [7, 11) is 1.69. The summed E-state index contributed by atoms with van der Waals surface area (Å²) in [6, 6.07) is 8.08. The number of methoxy groups -OCH3 is 1. The van der Waals surface area contributed by atoms with Crippen molar-refractivity contribution in [3.63, 3.8) is 0 Å². The van der Waals surface area contributed by atoms with Crippen LogP contribution in [-0.4, -0.2) is 79.6 Å². The first-order valence-electron chi connectivity index (χ1n) is 10.5. The van der Waals surface area contributed by atoms with E-state index in [4.69, 9.17) is 21.7 Å². The molecule has 1 aromatic heterocycles. The summed E-state index contributed by atoms with van der Waals surface area (Å²) in [5.74, 6) is 0. The van der Waals surface area contributed by atoms with Gasteiger partial charge in [0.2, 0.25) is 0 Å². The third kappa shape index (κ3) is 6.50. The molecule has 0 unspecified atom stereocenters. The fraction of sp³-hybridized carbons (Fsp3) is 0.545. The Morgan fingerprint density at radius 1 is 1.33 bits per heavy atom. The molecule has 2 heterocycles. The van der Waals surface area contributed by atoms with Gasteiger partial charge >= 0.3 is 0 Å². The molecule has 2 aromatic rings. The van der Waals surface area contributed by atoms with Crippen molar-refractivity contribution in [1.82, 2.24) is 20.1 Å². The molecule has 8 heteroatoms. The zero-order valence-electron chi connectivity index (χ0n) is 17.9. The second-order valence-electron chi connectivity index (χ2n) is 7.67. The van der Waals surface area contributed by atoms with Gasteiger partial charge in [-0.15, -0.1) is 0 Å². The number of fused-ring (bicyclic) bond motifs is 1. The van der Waals surface area contributed by atoms with Gasteiger partial charge in [0.05, 0.1) is 19.8 Å². The van der Waals surface area contributed by atoms with Crippen LogP contribution in [0, 0.1) is 6.92 Å². The minimum atomic E-state index is -0.0633. The van der Waals surface area contributed by atoms with Gasteiger partial charge in [-0.25, -0.2) is 0 Å². The number of morpholine rings is 1. The largest absolute Gasteiger partial charge is 0.385 e. The lowest BCUT2D eigenvalue weighted by Crippen LogP contribution is -2.46. The van der Waals surface area contributed by atoms with E-state index in [-0.39, 0.29) is 5.56 Å². The van der Waals surface area contributed by atoms with E-state index in [0.717, 1.165) is 74.4 Å². The predicted octanol–water partition coefficient (Wildman–Crippen LogP) is 1.88. The number of hydrogen-bond donors (Lipinski definition) is 2. The van der Waals surface area contributed by atoms with Crippen LogP contribution in [0.25, 0.3) is 10.9 Å². The number of thiocarbonyl (C=S) groups is 1. The van der Waals surface area contributed by atoms with Gasteiger partial charge in [-0.1, -0.05) is 12.1 Å². The number of pyridine rings is 1. The molecule has 0 aliphatic carbocycles. The summed E-state index contributed by atoms with van der Waals surface area (Å²) < 4.78 is 10.6. The molecule has 0 radical (unpaired) electrons. The van der Waals surface area contributed by atoms with Gasteiger partial charge < -0.3 is 24.7 Å². The Morgan fingerprint density at radius 3 is 2.90 bits per heavy atom. The number of hydrogen-bond acceptors (Lipinski definition) is 5. The maximum Gasteiger partial charge on any atom is 0.253 e. The van der Waals surface area contributed by atoms with Crippen LogP contribution in [0.2, 0.25) is 0 Å². The fourth-order valence-electron chi connectivity index (χ4n) is 3.55.